The Morgan fingerprint density at radius 1 is 1.33 bits per heavy atom. The lowest BCUT2D eigenvalue weighted by Gasteiger charge is -2.30. The quantitative estimate of drug-likeness (QED) is 0.707. The van der Waals surface area contributed by atoms with Crippen molar-refractivity contribution in [2.75, 3.05) is 20.6 Å². The van der Waals surface area contributed by atoms with Crippen molar-refractivity contribution in [3.8, 4) is 0 Å². The summed E-state index contributed by atoms with van der Waals surface area (Å²) in [6, 6.07) is 8.79. The Bertz CT molecular complexity index is 589. The molecule has 1 nitrogen and oxygen atoms in total. The normalized spacial score (nSPS) is 23.4. The Kier molecular flexibility index (Phi) is 4.78. The van der Waals surface area contributed by atoms with E-state index in [9.17, 15) is 0 Å². The van der Waals surface area contributed by atoms with Crippen LogP contribution in [0.4, 0.5) is 0 Å². The maximum Gasteiger partial charge on any atom is 0.0380 e. The van der Waals surface area contributed by atoms with Gasteiger partial charge in [0, 0.05) is 16.8 Å². The van der Waals surface area contributed by atoms with E-state index in [1.807, 2.05) is 11.8 Å². The minimum absolute atomic E-state index is 0.298. The summed E-state index contributed by atoms with van der Waals surface area (Å²) in [5.74, 6) is 0. The third kappa shape index (κ3) is 3.39. The van der Waals surface area contributed by atoms with Crippen LogP contribution in [-0.4, -0.2) is 30.9 Å². The van der Waals surface area contributed by atoms with Crippen LogP contribution in [0.2, 0.25) is 0 Å². The Morgan fingerprint density at radius 2 is 2.14 bits per heavy atom. The fourth-order valence-corrected chi connectivity index (χ4v) is 4.52. The van der Waals surface area contributed by atoms with E-state index in [2.05, 4.69) is 49.3 Å². The van der Waals surface area contributed by atoms with E-state index in [0.29, 0.717) is 5.38 Å². The number of hydrogen-bond acceptors (Lipinski definition) is 2. The summed E-state index contributed by atoms with van der Waals surface area (Å²) in [7, 11) is 4.26. The van der Waals surface area contributed by atoms with Gasteiger partial charge in [-0.1, -0.05) is 36.0 Å². The van der Waals surface area contributed by atoms with Gasteiger partial charge in [-0.3, -0.25) is 0 Å². The molecule has 1 heterocycles. The summed E-state index contributed by atoms with van der Waals surface area (Å²) < 4.78 is 0. The first-order valence-corrected chi connectivity index (χ1v) is 8.89. The molecule has 0 bridgehead atoms. The number of thioether (sulfide) groups is 1. The van der Waals surface area contributed by atoms with Crippen molar-refractivity contribution in [1.29, 1.82) is 0 Å². The lowest BCUT2D eigenvalue weighted by molar-refractivity contribution is 0.417. The van der Waals surface area contributed by atoms with E-state index in [-0.39, 0.29) is 0 Å². The van der Waals surface area contributed by atoms with Crippen molar-refractivity contribution < 1.29 is 0 Å². The number of fused-ring (bicyclic) bond motifs is 1. The van der Waals surface area contributed by atoms with E-state index < -0.39 is 0 Å². The highest BCUT2D eigenvalue weighted by Crippen LogP contribution is 2.50. The number of allylic oxidation sites excluding steroid dienone is 3. The zero-order valence-electron chi connectivity index (χ0n) is 12.7. The molecular weight excluding hydrogens is 298 g/mol. The van der Waals surface area contributed by atoms with Gasteiger partial charge in [-0.05, 0) is 67.5 Å². The molecule has 0 radical (unpaired) electrons. The van der Waals surface area contributed by atoms with Crippen LogP contribution in [0.3, 0.4) is 0 Å². The Balaban J connectivity index is 1.97. The maximum atomic E-state index is 6.43. The summed E-state index contributed by atoms with van der Waals surface area (Å²) in [6.45, 7) is 1.09. The SMILES string of the molecule is CN(C)CC/C=C1/C2=C(CCC(Cl)C2)Sc2ccccc21. The summed E-state index contributed by atoms with van der Waals surface area (Å²) in [5, 5.41) is 0.298. The second kappa shape index (κ2) is 6.60. The average Bonchev–Trinajstić information content (AvgIpc) is 2.46. The molecule has 2 aliphatic rings. The number of halogens is 1. The number of benzene rings is 1. The van der Waals surface area contributed by atoms with Crippen LogP contribution in [0.15, 0.2) is 45.7 Å². The molecule has 0 spiro atoms. The van der Waals surface area contributed by atoms with Crippen molar-refractivity contribution >= 4 is 28.9 Å². The van der Waals surface area contributed by atoms with Gasteiger partial charge in [-0.2, -0.15) is 0 Å². The topological polar surface area (TPSA) is 3.24 Å². The molecule has 3 heteroatoms. The van der Waals surface area contributed by atoms with E-state index in [1.165, 1.54) is 21.6 Å². The molecule has 0 aromatic heterocycles. The van der Waals surface area contributed by atoms with Crippen molar-refractivity contribution in [2.45, 2.75) is 36.0 Å². The zero-order valence-corrected chi connectivity index (χ0v) is 14.3. The van der Waals surface area contributed by atoms with Gasteiger partial charge in [0.1, 0.15) is 0 Å². The maximum absolute atomic E-state index is 6.43. The molecular formula is C18H22ClNS. The van der Waals surface area contributed by atoms with E-state index in [0.717, 1.165) is 32.2 Å². The van der Waals surface area contributed by atoms with Crippen molar-refractivity contribution in [1.82, 2.24) is 4.90 Å². The standard InChI is InChI=1S/C18H22ClNS/c1-20(2)11-5-7-14-15-6-3-4-8-17(15)21-18-10-9-13(19)12-16(14)18/h3-4,6-8,13H,5,9-12H2,1-2H3/b14-7+. The van der Waals surface area contributed by atoms with Gasteiger partial charge in [-0.25, -0.2) is 0 Å². The van der Waals surface area contributed by atoms with Crippen LogP contribution < -0.4 is 0 Å². The van der Waals surface area contributed by atoms with E-state index in [1.54, 1.807) is 4.91 Å². The second-order valence-corrected chi connectivity index (χ2v) is 7.80. The molecule has 0 saturated carbocycles. The predicted octanol–water partition coefficient (Wildman–Crippen LogP) is 5.17. The van der Waals surface area contributed by atoms with Gasteiger partial charge in [0.05, 0.1) is 0 Å². The second-order valence-electron chi connectivity index (χ2n) is 6.05. The lowest BCUT2D eigenvalue weighted by atomic mass is 9.88. The number of alkyl halides is 1. The van der Waals surface area contributed by atoms with Crippen molar-refractivity contribution in [2.24, 2.45) is 0 Å². The molecule has 0 amide bonds. The monoisotopic (exact) mass is 319 g/mol. The van der Waals surface area contributed by atoms with Crippen molar-refractivity contribution in [3.05, 3.63) is 46.4 Å². The molecule has 3 rings (SSSR count). The Morgan fingerprint density at radius 3 is 2.95 bits per heavy atom. The first-order valence-electron chi connectivity index (χ1n) is 7.63. The van der Waals surface area contributed by atoms with Gasteiger partial charge in [0.2, 0.25) is 0 Å². The number of rotatable bonds is 3. The molecule has 0 saturated heterocycles. The number of hydrogen-bond donors (Lipinski definition) is 0. The Hall–Kier alpha value is -0.700. The third-order valence-electron chi connectivity index (χ3n) is 4.11. The lowest BCUT2D eigenvalue weighted by Crippen LogP contribution is -2.14. The molecule has 21 heavy (non-hydrogen) atoms. The van der Waals surface area contributed by atoms with Gasteiger partial charge in [0.15, 0.2) is 0 Å². The summed E-state index contributed by atoms with van der Waals surface area (Å²) in [5.41, 5.74) is 4.33. The minimum atomic E-state index is 0.298. The van der Waals surface area contributed by atoms with Gasteiger partial charge in [0.25, 0.3) is 0 Å². The largest absolute Gasteiger partial charge is 0.309 e. The fraction of sp³-hybridized carbons (Fsp3) is 0.444. The van der Waals surface area contributed by atoms with E-state index in [4.69, 9.17) is 11.6 Å². The molecule has 1 aliphatic heterocycles. The Labute approximate surface area is 137 Å². The highest BCUT2D eigenvalue weighted by atomic mass is 35.5. The fourth-order valence-electron chi connectivity index (χ4n) is 3.02. The molecule has 0 N–H and O–H groups in total. The molecule has 112 valence electrons. The third-order valence-corrected chi connectivity index (χ3v) is 5.75. The van der Waals surface area contributed by atoms with Gasteiger partial charge < -0.3 is 4.90 Å². The van der Waals surface area contributed by atoms with Crippen LogP contribution >= 0.6 is 23.4 Å². The highest BCUT2D eigenvalue weighted by Gasteiger charge is 2.28. The molecule has 1 unspecified atom stereocenters. The van der Waals surface area contributed by atoms with E-state index >= 15 is 0 Å². The zero-order chi connectivity index (χ0) is 14.8. The molecule has 0 fully saturated rings. The average molecular weight is 320 g/mol. The highest BCUT2D eigenvalue weighted by molar-refractivity contribution is 8.03. The summed E-state index contributed by atoms with van der Waals surface area (Å²) in [4.78, 5) is 5.18. The molecule has 1 atom stereocenters. The molecule has 1 aliphatic carbocycles. The first kappa shape index (κ1) is 15.2. The predicted molar refractivity (Wildman–Crippen MR) is 94.0 cm³/mol. The molecule has 1 aromatic carbocycles. The van der Waals surface area contributed by atoms with Gasteiger partial charge >= 0.3 is 0 Å². The van der Waals surface area contributed by atoms with Gasteiger partial charge in [-0.15, -0.1) is 11.6 Å². The van der Waals surface area contributed by atoms with Crippen LogP contribution in [0, 0.1) is 0 Å². The summed E-state index contributed by atoms with van der Waals surface area (Å²) >= 11 is 8.39. The summed E-state index contributed by atoms with van der Waals surface area (Å²) in [6.07, 6.45) is 6.77. The molecule has 1 aromatic rings. The first-order chi connectivity index (χ1) is 10.1. The van der Waals surface area contributed by atoms with Crippen LogP contribution in [0.1, 0.15) is 31.2 Å². The van der Waals surface area contributed by atoms with Crippen LogP contribution in [0.5, 0.6) is 0 Å². The van der Waals surface area contributed by atoms with Crippen molar-refractivity contribution in [3.63, 3.8) is 0 Å². The smallest absolute Gasteiger partial charge is 0.0380 e. The van der Waals surface area contributed by atoms with Crippen LogP contribution in [0.25, 0.3) is 5.57 Å². The van der Waals surface area contributed by atoms with Crippen LogP contribution in [-0.2, 0) is 0 Å². The number of nitrogens with zero attached hydrogens (tertiary/aromatic N) is 1. The minimum Gasteiger partial charge on any atom is -0.309 e.